The molecule has 0 saturated carbocycles. The second-order valence-electron chi connectivity index (χ2n) is 5.18. The topological polar surface area (TPSA) is 98.5 Å². The Morgan fingerprint density at radius 3 is 2.39 bits per heavy atom. The zero-order valence-electron chi connectivity index (χ0n) is 12.9. The monoisotopic (exact) mass is 334 g/mol. The second kappa shape index (κ2) is 6.80. The van der Waals surface area contributed by atoms with Gasteiger partial charge in [-0.25, -0.2) is 13.6 Å². The first kappa shape index (κ1) is 17.0. The average Bonchev–Trinajstić information content (AvgIpc) is 2.48. The molecule has 0 saturated heterocycles. The summed E-state index contributed by atoms with van der Waals surface area (Å²) < 4.78 is 27.8. The average molecular weight is 334 g/mol. The molecule has 0 unspecified atom stereocenters. The summed E-state index contributed by atoms with van der Waals surface area (Å²) in [4.78, 5) is 11.9. The van der Waals surface area contributed by atoms with Crippen LogP contribution in [-0.4, -0.2) is 20.9 Å². The van der Waals surface area contributed by atoms with E-state index in [9.17, 15) is 13.2 Å². The molecule has 0 heterocycles. The highest BCUT2D eigenvalue weighted by Gasteiger charge is 2.09. The molecular formula is C16H18N2O4S. The molecule has 2 aromatic rings. The van der Waals surface area contributed by atoms with Gasteiger partial charge in [0.05, 0.1) is 4.90 Å². The summed E-state index contributed by atoms with van der Waals surface area (Å²) in [5.74, 6) is 0.319. The number of carbonyl (C=O) groups excluding carboxylic acids is 1. The number of benzene rings is 2. The molecule has 3 N–H and O–H groups in total. The minimum absolute atomic E-state index is 0.0119. The lowest BCUT2D eigenvalue weighted by molar-refractivity contribution is -0.118. The van der Waals surface area contributed by atoms with Crippen LogP contribution < -0.4 is 15.2 Å². The van der Waals surface area contributed by atoms with E-state index in [0.717, 1.165) is 11.1 Å². The van der Waals surface area contributed by atoms with Gasteiger partial charge in [0.25, 0.3) is 5.91 Å². The summed E-state index contributed by atoms with van der Waals surface area (Å²) in [6, 6.07) is 11.4. The second-order valence-corrected chi connectivity index (χ2v) is 6.74. The predicted molar refractivity (Wildman–Crippen MR) is 87.9 cm³/mol. The fraction of sp³-hybridized carbons (Fsp3) is 0.188. The van der Waals surface area contributed by atoms with E-state index in [4.69, 9.17) is 9.88 Å². The highest BCUT2D eigenvalue weighted by Crippen LogP contribution is 2.19. The van der Waals surface area contributed by atoms with Crippen molar-refractivity contribution in [1.29, 1.82) is 0 Å². The van der Waals surface area contributed by atoms with E-state index in [0.29, 0.717) is 11.4 Å². The Labute approximate surface area is 135 Å². The molecule has 23 heavy (non-hydrogen) atoms. The van der Waals surface area contributed by atoms with Crippen molar-refractivity contribution < 1.29 is 17.9 Å². The lowest BCUT2D eigenvalue weighted by Gasteiger charge is -2.10. The molecule has 0 spiro atoms. The molecule has 0 aliphatic carbocycles. The van der Waals surface area contributed by atoms with Crippen LogP contribution in [0.4, 0.5) is 5.69 Å². The van der Waals surface area contributed by atoms with Crippen molar-refractivity contribution in [3.63, 3.8) is 0 Å². The Kier molecular flexibility index (Phi) is 5.02. The molecule has 0 radical (unpaired) electrons. The molecule has 2 aromatic carbocycles. The number of aryl methyl sites for hydroxylation is 2. The van der Waals surface area contributed by atoms with Crippen molar-refractivity contribution in [2.75, 3.05) is 11.9 Å². The zero-order valence-corrected chi connectivity index (χ0v) is 13.7. The maximum absolute atomic E-state index is 11.9. The Morgan fingerprint density at radius 2 is 1.78 bits per heavy atom. The smallest absolute Gasteiger partial charge is 0.262 e. The van der Waals surface area contributed by atoms with Gasteiger partial charge in [0, 0.05) is 5.69 Å². The molecule has 0 bridgehead atoms. The van der Waals surface area contributed by atoms with Crippen molar-refractivity contribution in [3.05, 3.63) is 53.6 Å². The normalized spacial score (nSPS) is 11.1. The van der Waals surface area contributed by atoms with Crippen molar-refractivity contribution in [3.8, 4) is 5.75 Å². The van der Waals surface area contributed by atoms with E-state index in [2.05, 4.69) is 5.32 Å². The number of rotatable bonds is 5. The highest BCUT2D eigenvalue weighted by molar-refractivity contribution is 7.89. The maximum atomic E-state index is 11.9. The third-order valence-corrected chi connectivity index (χ3v) is 4.10. The van der Waals surface area contributed by atoms with E-state index in [1.54, 1.807) is 0 Å². The van der Waals surface area contributed by atoms with Crippen LogP contribution in [0.5, 0.6) is 5.75 Å². The highest BCUT2D eigenvalue weighted by atomic mass is 32.2. The number of amides is 1. The molecule has 1 amide bonds. The largest absolute Gasteiger partial charge is 0.483 e. The summed E-state index contributed by atoms with van der Waals surface area (Å²) in [6.45, 7) is 3.71. The van der Waals surface area contributed by atoms with Crippen molar-refractivity contribution in [1.82, 2.24) is 0 Å². The Bertz CT molecular complexity index is 814. The summed E-state index contributed by atoms with van der Waals surface area (Å²) in [5, 5.41) is 7.64. The number of hydrogen-bond acceptors (Lipinski definition) is 4. The quantitative estimate of drug-likeness (QED) is 0.873. The van der Waals surface area contributed by atoms with Gasteiger partial charge in [-0.15, -0.1) is 0 Å². The molecule has 7 heteroatoms. The number of anilines is 1. The van der Waals surface area contributed by atoms with Gasteiger partial charge in [0.2, 0.25) is 10.0 Å². The van der Waals surface area contributed by atoms with Gasteiger partial charge in [-0.05, 0) is 55.3 Å². The van der Waals surface area contributed by atoms with Crippen LogP contribution in [0.15, 0.2) is 47.4 Å². The number of primary sulfonamides is 1. The van der Waals surface area contributed by atoms with Gasteiger partial charge < -0.3 is 10.1 Å². The first-order valence-corrected chi connectivity index (χ1v) is 8.43. The number of sulfonamides is 1. The van der Waals surface area contributed by atoms with Gasteiger partial charge in [-0.3, -0.25) is 4.79 Å². The molecule has 0 aromatic heterocycles. The maximum Gasteiger partial charge on any atom is 0.262 e. The van der Waals surface area contributed by atoms with Crippen LogP contribution in [-0.2, 0) is 14.8 Å². The number of nitrogens with two attached hydrogens (primary N) is 1. The van der Waals surface area contributed by atoms with Gasteiger partial charge in [-0.1, -0.05) is 12.1 Å². The standard InChI is InChI=1S/C16H18N2O4S/c1-11-3-4-12(2)15(9-11)22-10-16(19)18-13-5-7-14(8-6-13)23(17,20)21/h3-9H,10H2,1-2H3,(H,18,19)(H2,17,20,21). The third-order valence-electron chi connectivity index (χ3n) is 3.17. The zero-order chi connectivity index (χ0) is 17.0. The fourth-order valence-electron chi connectivity index (χ4n) is 1.93. The molecule has 0 aliphatic rings. The summed E-state index contributed by atoms with van der Waals surface area (Å²) in [5.41, 5.74) is 2.46. The number of nitrogens with one attached hydrogen (secondary N) is 1. The lowest BCUT2D eigenvalue weighted by Crippen LogP contribution is -2.20. The van der Waals surface area contributed by atoms with Crippen LogP contribution in [0.1, 0.15) is 11.1 Å². The van der Waals surface area contributed by atoms with Gasteiger partial charge >= 0.3 is 0 Å². The molecule has 0 aliphatic heterocycles. The molecular weight excluding hydrogens is 316 g/mol. The molecule has 6 nitrogen and oxygen atoms in total. The van der Waals surface area contributed by atoms with Gasteiger partial charge in [0.1, 0.15) is 5.75 Å². The Hall–Kier alpha value is -2.38. The van der Waals surface area contributed by atoms with Crippen molar-refractivity contribution in [2.45, 2.75) is 18.7 Å². The van der Waals surface area contributed by atoms with Crippen LogP contribution >= 0.6 is 0 Å². The number of ether oxygens (including phenoxy) is 1. The molecule has 0 fully saturated rings. The first-order valence-electron chi connectivity index (χ1n) is 6.88. The molecule has 122 valence electrons. The first-order chi connectivity index (χ1) is 10.8. The van der Waals surface area contributed by atoms with Gasteiger partial charge in [-0.2, -0.15) is 0 Å². The Morgan fingerprint density at radius 1 is 1.13 bits per heavy atom. The van der Waals surface area contributed by atoms with E-state index < -0.39 is 10.0 Å². The van der Waals surface area contributed by atoms with Gasteiger partial charge in [0.15, 0.2) is 6.61 Å². The van der Waals surface area contributed by atoms with Crippen molar-refractivity contribution in [2.24, 2.45) is 5.14 Å². The van der Waals surface area contributed by atoms with E-state index in [-0.39, 0.29) is 17.4 Å². The van der Waals surface area contributed by atoms with Crippen molar-refractivity contribution >= 4 is 21.6 Å². The van der Waals surface area contributed by atoms with Crippen LogP contribution in [0.3, 0.4) is 0 Å². The minimum Gasteiger partial charge on any atom is -0.483 e. The summed E-state index contributed by atoms with van der Waals surface area (Å²) in [6.07, 6.45) is 0. The predicted octanol–water partition coefficient (Wildman–Crippen LogP) is 1.97. The summed E-state index contributed by atoms with van der Waals surface area (Å²) >= 11 is 0. The van der Waals surface area contributed by atoms with E-state index in [1.807, 2.05) is 32.0 Å². The van der Waals surface area contributed by atoms with E-state index in [1.165, 1.54) is 24.3 Å². The SMILES string of the molecule is Cc1ccc(C)c(OCC(=O)Nc2ccc(S(N)(=O)=O)cc2)c1. The van der Waals surface area contributed by atoms with E-state index >= 15 is 0 Å². The molecule has 0 atom stereocenters. The number of carbonyl (C=O) groups is 1. The number of hydrogen-bond donors (Lipinski definition) is 2. The molecule has 2 rings (SSSR count). The summed E-state index contributed by atoms with van der Waals surface area (Å²) in [7, 11) is -3.74. The fourth-order valence-corrected chi connectivity index (χ4v) is 2.45. The Balaban J connectivity index is 1.96. The third kappa shape index (κ3) is 4.80. The van der Waals surface area contributed by atoms with Crippen LogP contribution in [0.25, 0.3) is 0 Å². The van der Waals surface area contributed by atoms with Crippen LogP contribution in [0.2, 0.25) is 0 Å². The lowest BCUT2D eigenvalue weighted by atomic mass is 10.1. The minimum atomic E-state index is -3.74. The van der Waals surface area contributed by atoms with Crippen LogP contribution in [0, 0.1) is 13.8 Å².